The molecule has 2 aromatic heterocycles. The number of thioether (sulfide) groups is 1. The van der Waals surface area contributed by atoms with Crippen LogP contribution in [0.5, 0.6) is 0 Å². The van der Waals surface area contributed by atoms with Gasteiger partial charge in [0.2, 0.25) is 5.91 Å². The molecule has 0 radical (unpaired) electrons. The van der Waals surface area contributed by atoms with E-state index in [0.29, 0.717) is 10.3 Å². The van der Waals surface area contributed by atoms with E-state index >= 15 is 0 Å². The number of halogens is 1. The van der Waals surface area contributed by atoms with E-state index in [1.807, 2.05) is 41.8 Å². The van der Waals surface area contributed by atoms with Crippen molar-refractivity contribution in [1.82, 2.24) is 9.97 Å². The van der Waals surface area contributed by atoms with Crippen molar-refractivity contribution in [3.63, 3.8) is 0 Å². The van der Waals surface area contributed by atoms with Crippen LogP contribution in [0.4, 0.5) is 5.69 Å². The molecule has 1 amide bonds. The molecule has 2 heterocycles. The second-order valence-electron chi connectivity index (χ2n) is 4.14. The highest BCUT2D eigenvalue weighted by molar-refractivity contribution is 7.99. The SMILES string of the molecule is O=C(CSc1nc(Cl)c2ccsc2n1)Nc1ccccc1. The van der Waals surface area contributed by atoms with Gasteiger partial charge in [-0.05, 0) is 23.6 Å². The highest BCUT2D eigenvalue weighted by Crippen LogP contribution is 2.27. The van der Waals surface area contributed by atoms with Gasteiger partial charge in [-0.3, -0.25) is 4.79 Å². The molecule has 3 rings (SSSR count). The molecule has 0 fully saturated rings. The number of nitrogens with one attached hydrogen (secondary N) is 1. The standard InChI is InChI=1S/C14H10ClN3OS2/c15-12-10-6-7-20-13(10)18-14(17-12)21-8-11(19)16-9-4-2-1-3-5-9/h1-7H,8H2,(H,16,19). The maximum Gasteiger partial charge on any atom is 0.234 e. The molecule has 21 heavy (non-hydrogen) atoms. The van der Waals surface area contributed by atoms with Gasteiger partial charge < -0.3 is 5.32 Å². The number of hydrogen-bond donors (Lipinski definition) is 1. The second kappa shape index (κ2) is 6.43. The molecule has 7 heteroatoms. The maximum absolute atomic E-state index is 11.9. The van der Waals surface area contributed by atoms with Gasteiger partial charge in [0.15, 0.2) is 5.16 Å². The first-order chi connectivity index (χ1) is 10.2. The summed E-state index contributed by atoms with van der Waals surface area (Å²) in [5.74, 6) is 0.138. The smallest absolute Gasteiger partial charge is 0.234 e. The number of nitrogens with zero attached hydrogens (tertiary/aromatic N) is 2. The lowest BCUT2D eigenvalue weighted by Gasteiger charge is -2.04. The van der Waals surface area contributed by atoms with Gasteiger partial charge in [-0.25, -0.2) is 9.97 Å². The fraction of sp³-hybridized carbons (Fsp3) is 0.0714. The van der Waals surface area contributed by atoms with E-state index in [1.165, 1.54) is 23.1 Å². The van der Waals surface area contributed by atoms with Crippen LogP contribution in [0.2, 0.25) is 5.15 Å². The molecule has 0 spiro atoms. The van der Waals surface area contributed by atoms with E-state index in [0.717, 1.165) is 15.9 Å². The van der Waals surface area contributed by atoms with Crippen molar-refractivity contribution >= 4 is 56.5 Å². The Morgan fingerprint density at radius 3 is 2.86 bits per heavy atom. The summed E-state index contributed by atoms with van der Waals surface area (Å²) >= 11 is 8.86. The highest BCUT2D eigenvalue weighted by Gasteiger charge is 2.10. The number of aromatic nitrogens is 2. The van der Waals surface area contributed by atoms with E-state index in [9.17, 15) is 4.79 Å². The van der Waals surface area contributed by atoms with Crippen molar-refractivity contribution in [2.75, 3.05) is 11.1 Å². The topological polar surface area (TPSA) is 54.9 Å². The highest BCUT2D eigenvalue weighted by atomic mass is 35.5. The Hall–Kier alpha value is -1.63. The fourth-order valence-electron chi connectivity index (χ4n) is 1.71. The van der Waals surface area contributed by atoms with E-state index < -0.39 is 0 Å². The van der Waals surface area contributed by atoms with Crippen LogP contribution < -0.4 is 5.32 Å². The van der Waals surface area contributed by atoms with Gasteiger partial charge in [0.05, 0.1) is 5.75 Å². The normalized spacial score (nSPS) is 10.7. The fourth-order valence-corrected chi connectivity index (χ4v) is 3.52. The minimum atomic E-state index is -0.0998. The van der Waals surface area contributed by atoms with Crippen molar-refractivity contribution in [2.24, 2.45) is 0 Å². The zero-order chi connectivity index (χ0) is 14.7. The average Bonchev–Trinajstić information content (AvgIpc) is 2.95. The Bertz CT molecular complexity index is 776. The number of hydrogen-bond acceptors (Lipinski definition) is 5. The first kappa shape index (κ1) is 14.3. The number of fused-ring (bicyclic) bond motifs is 1. The molecule has 0 unspecified atom stereocenters. The molecule has 0 aliphatic carbocycles. The first-order valence-corrected chi connectivity index (χ1v) is 8.35. The number of rotatable bonds is 4. The molecular formula is C14H10ClN3OS2. The largest absolute Gasteiger partial charge is 0.325 e. The summed E-state index contributed by atoms with van der Waals surface area (Å²) < 4.78 is 0. The summed E-state index contributed by atoms with van der Waals surface area (Å²) in [5, 5.41) is 6.51. The predicted octanol–water partition coefficient (Wildman–Crippen LogP) is 4.08. The number of benzene rings is 1. The molecule has 0 atom stereocenters. The van der Waals surface area contributed by atoms with Crippen LogP contribution in [-0.2, 0) is 4.79 Å². The van der Waals surface area contributed by atoms with Gasteiger partial charge in [-0.2, -0.15) is 0 Å². The lowest BCUT2D eigenvalue weighted by Crippen LogP contribution is -2.14. The van der Waals surface area contributed by atoms with Crippen molar-refractivity contribution in [1.29, 1.82) is 0 Å². The molecule has 1 aromatic carbocycles. The predicted molar refractivity (Wildman–Crippen MR) is 88.2 cm³/mol. The molecule has 4 nitrogen and oxygen atoms in total. The van der Waals surface area contributed by atoms with Gasteiger partial charge >= 0.3 is 0 Å². The van der Waals surface area contributed by atoms with Crippen molar-refractivity contribution in [3.8, 4) is 0 Å². The molecule has 0 bridgehead atoms. The summed E-state index contributed by atoms with van der Waals surface area (Å²) in [6.07, 6.45) is 0. The number of amides is 1. The van der Waals surface area contributed by atoms with Crippen LogP contribution in [0.15, 0.2) is 46.9 Å². The summed E-state index contributed by atoms with van der Waals surface area (Å²) in [4.78, 5) is 21.3. The molecule has 1 N–H and O–H groups in total. The van der Waals surface area contributed by atoms with E-state index in [-0.39, 0.29) is 11.7 Å². The van der Waals surface area contributed by atoms with Crippen LogP contribution >= 0.6 is 34.7 Å². The first-order valence-electron chi connectivity index (χ1n) is 6.11. The Balaban J connectivity index is 1.64. The number of thiophene rings is 1. The third-order valence-corrected chi connectivity index (χ3v) is 4.59. The number of anilines is 1. The molecular weight excluding hydrogens is 326 g/mol. The lowest BCUT2D eigenvalue weighted by molar-refractivity contribution is -0.113. The quantitative estimate of drug-likeness (QED) is 0.443. The summed E-state index contributed by atoms with van der Waals surface area (Å²) in [6, 6.07) is 11.2. The van der Waals surface area contributed by atoms with Gasteiger partial charge in [0.25, 0.3) is 0 Å². The minimum Gasteiger partial charge on any atom is -0.325 e. The zero-order valence-electron chi connectivity index (χ0n) is 10.7. The van der Waals surface area contributed by atoms with Crippen LogP contribution in [0.25, 0.3) is 10.2 Å². The third-order valence-electron chi connectivity index (χ3n) is 2.65. The van der Waals surface area contributed by atoms with Gasteiger partial charge in [-0.1, -0.05) is 41.6 Å². The van der Waals surface area contributed by atoms with Gasteiger partial charge in [-0.15, -0.1) is 11.3 Å². The van der Waals surface area contributed by atoms with E-state index in [1.54, 1.807) is 0 Å². The lowest BCUT2D eigenvalue weighted by atomic mass is 10.3. The summed E-state index contributed by atoms with van der Waals surface area (Å²) in [5.41, 5.74) is 0.774. The maximum atomic E-state index is 11.9. The molecule has 0 saturated heterocycles. The Kier molecular flexibility index (Phi) is 4.38. The van der Waals surface area contributed by atoms with E-state index in [4.69, 9.17) is 11.6 Å². The molecule has 0 aliphatic heterocycles. The van der Waals surface area contributed by atoms with Crippen LogP contribution in [0.3, 0.4) is 0 Å². The van der Waals surface area contributed by atoms with Crippen molar-refractivity contribution in [2.45, 2.75) is 5.16 Å². The Morgan fingerprint density at radius 2 is 2.05 bits per heavy atom. The van der Waals surface area contributed by atoms with Crippen molar-refractivity contribution < 1.29 is 4.79 Å². The molecule has 3 aromatic rings. The molecule has 106 valence electrons. The number of carbonyl (C=O) groups excluding carboxylic acids is 1. The van der Waals surface area contributed by atoms with Crippen LogP contribution in [-0.4, -0.2) is 21.6 Å². The summed E-state index contributed by atoms with van der Waals surface area (Å²) in [7, 11) is 0. The Labute approximate surface area is 134 Å². The van der Waals surface area contributed by atoms with Crippen LogP contribution in [0.1, 0.15) is 0 Å². The molecule has 0 saturated carbocycles. The minimum absolute atomic E-state index is 0.0998. The summed E-state index contributed by atoms with van der Waals surface area (Å²) in [6.45, 7) is 0. The molecule has 0 aliphatic rings. The average molecular weight is 336 g/mol. The van der Waals surface area contributed by atoms with Gasteiger partial charge in [0, 0.05) is 11.1 Å². The number of carbonyl (C=O) groups is 1. The van der Waals surface area contributed by atoms with E-state index in [2.05, 4.69) is 15.3 Å². The zero-order valence-corrected chi connectivity index (χ0v) is 13.1. The van der Waals surface area contributed by atoms with Crippen LogP contribution in [0, 0.1) is 0 Å². The second-order valence-corrected chi connectivity index (χ2v) is 6.33. The third kappa shape index (κ3) is 3.53. The van der Waals surface area contributed by atoms with Crippen molar-refractivity contribution in [3.05, 3.63) is 46.9 Å². The number of para-hydroxylation sites is 1. The monoisotopic (exact) mass is 335 g/mol. The Morgan fingerprint density at radius 1 is 1.24 bits per heavy atom. The van der Waals surface area contributed by atoms with Gasteiger partial charge in [0.1, 0.15) is 9.98 Å².